The summed E-state index contributed by atoms with van der Waals surface area (Å²) < 4.78 is 73.3. The minimum absolute atomic E-state index is 0.00935. The zero-order valence-electron chi connectivity index (χ0n) is 27.7. The average molecular weight is 710 g/mol. The molecule has 2 aromatic carbocycles. The number of aryl methyl sites for hydroxylation is 3. The van der Waals surface area contributed by atoms with Gasteiger partial charge in [-0.05, 0) is 112 Å². The predicted octanol–water partition coefficient (Wildman–Crippen LogP) is 8.04. The van der Waals surface area contributed by atoms with Gasteiger partial charge >= 0.3 is 12.1 Å². The molecule has 0 radical (unpaired) electrons. The number of nitrogens with zero attached hydrogens (tertiary/aromatic N) is 2. The summed E-state index contributed by atoms with van der Waals surface area (Å²) in [5, 5.41) is 12.0. The van der Waals surface area contributed by atoms with Crippen LogP contribution in [0, 0.1) is 18.6 Å². The molecule has 49 heavy (non-hydrogen) atoms. The van der Waals surface area contributed by atoms with Crippen LogP contribution in [0.4, 0.5) is 22.0 Å². The Bertz CT molecular complexity index is 1740. The number of carbonyl (C=O) groups is 2. The molecule has 7 nitrogen and oxygen atoms in total. The second-order valence-electron chi connectivity index (χ2n) is 13.0. The molecule has 0 saturated heterocycles. The van der Waals surface area contributed by atoms with E-state index < -0.39 is 59.3 Å². The number of carbonyl (C=O) groups excluding carboxylic acids is 1. The molecular weight excluding hydrogens is 669 g/mol. The van der Waals surface area contributed by atoms with Gasteiger partial charge < -0.3 is 19.9 Å². The summed E-state index contributed by atoms with van der Waals surface area (Å²) in [6.45, 7) is 2.19. The Balaban J connectivity index is 1.85. The van der Waals surface area contributed by atoms with E-state index in [1.165, 1.54) is 24.3 Å². The van der Waals surface area contributed by atoms with Crippen LogP contribution in [0.3, 0.4) is 0 Å². The first-order valence-corrected chi connectivity index (χ1v) is 16.7. The molecule has 1 aliphatic rings. The molecule has 3 aromatic rings. The van der Waals surface area contributed by atoms with Gasteiger partial charge in [0.15, 0.2) is 0 Å². The molecule has 0 aliphatic carbocycles. The zero-order valence-corrected chi connectivity index (χ0v) is 28.5. The van der Waals surface area contributed by atoms with Crippen molar-refractivity contribution in [2.45, 2.75) is 89.4 Å². The Hall–Kier alpha value is -3.77. The number of benzene rings is 2. The number of rotatable bonds is 7. The summed E-state index contributed by atoms with van der Waals surface area (Å²) in [6, 6.07) is 3.23. The smallest absolute Gasteiger partial charge is 0.416 e. The summed E-state index contributed by atoms with van der Waals surface area (Å²) in [5.74, 6) is -3.61. The molecule has 266 valence electrons. The van der Waals surface area contributed by atoms with Gasteiger partial charge in [0, 0.05) is 17.8 Å². The van der Waals surface area contributed by atoms with Crippen LogP contribution in [-0.4, -0.2) is 47.1 Å². The van der Waals surface area contributed by atoms with Crippen LogP contribution in [0.15, 0.2) is 41.3 Å². The van der Waals surface area contributed by atoms with E-state index in [1.807, 2.05) is 4.90 Å². The maximum atomic E-state index is 15.7. The summed E-state index contributed by atoms with van der Waals surface area (Å²) in [6.07, 6.45) is -0.322. The van der Waals surface area contributed by atoms with Crippen molar-refractivity contribution in [3.8, 4) is 11.1 Å². The number of carboxylic acid groups (broad SMARTS) is 1. The molecule has 0 spiro atoms. The van der Waals surface area contributed by atoms with E-state index in [-0.39, 0.29) is 29.0 Å². The van der Waals surface area contributed by atoms with Gasteiger partial charge in [0.05, 0.1) is 23.0 Å². The lowest BCUT2D eigenvalue weighted by Gasteiger charge is -2.26. The zero-order chi connectivity index (χ0) is 36.0. The fraction of sp³-hybridized carbons (Fsp3) is 0.472. The van der Waals surface area contributed by atoms with Gasteiger partial charge in [-0.25, -0.2) is 8.78 Å². The van der Waals surface area contributed by atoms with Gasteiger partial charge in [0.1, 0.15) is 17.7 Å². The van der Waals surface area contributed by atoms with E-state index in [4.69, 9.17) is 11.6 Å². The van der Waals surface area contributed by atoms with Crippen LogP contribution in [0.2, 0.25) is 5.02 Å². The molecule has 4 rings (SSSR count). The monoisotopic (exact) mass is 709 g/mol. The third kappa shape index (κ3) is 9.69. The maximum absolute atomic E-state index is 15.7. The quantitative estimate of drug-likeness (QED) is 0.243. The van der Waals surface area contributed by atoms with E-state index in [0.29, 0.717) is 67.0 Å². The number of fused-ring (bicyclic) bond motifs is 4. The van der Waals surface area contributed by atoms with Crippen LogP contribution in [-0.2, 0) is 28.6 Å². The molecule has 1 amide bonds. The molecule has 0 saturated carbocycles. The lowest BCUT2D eigenvalue weighted by Crippen LogP contribution is -2.40. The molecule has 2 heterocycles. The summed E-state index contributed by atoms with van der Waals surface area (Å²) in [4.78, 5) is 41.2. The molecule has 2 N–H and O–H groups in total. The van der Waals surface area contributed by atoms with Crippen molar-refractivity contribution in [3.05, 3.63) is 91.4 Å². The Labute approximate surface area is 287 Å². The van der Waals surface area contributed by atoms with Crippen molar-refractivity contribution in [1.29, 1.82) is 0 Å². The Morgan fingerprint density at radius 1 is 1.04 bits per heavy atom. The normalized spacial score (nSPS) is 17.9. The molecule has 2 bridgehead atoms. The number of amides is 1. The molecule has 13 heteroatoms. The number of carboxylic acids is 1. The van der Waals surface area contributed by atoms with E-state index in [9.17, 15) is 37.1 Å². The van der Waals surface area contributed by atoms with Crippen molar-refractivity contribution in [2.75, 3.05) is 20.6 Å². The maximum Gasteiger partial charge on any atom is 0.416 e. The molecule has 1 aliphatic heterocycles. The molecule has 2 atom stereocenters. The Morgan fingerprint density at radius 2 is 1.73 bits per heavy atom. The van der Waals surface area contributed by atoms with Crippen LogP contribution < -0.4 is 10.9 Å². The second-order valence-corrected chi connectivity index (χ2v) is 13.4. The predicted molar refractivity (Wildman–Crippen MR) is 178 cm³/mol. The summed E-state index contributed by atoms with van der Waals surface area (Å²) >= 11 is 6.35. The molecular formula is C36H41ClF5N3O4. The SMILES string of the molecule is Cc1cc(F)cc2c1-c1cc(Cl)c(F)c(c1)[C@H](CC(=O)O)NC(=O)[C@@H](n1cc(CCCN(C)C)c(C(F)(F)F)cc1=O)CCCCCCC2. The number of alkyl halides is 3. The first kappa shape index (κ1) is 38.0. The molecule has 0 fully saturated rings. The lowest BCUT2D eigenvalue weighted by molar-refractivity contribution is -0.139. The Kier molecular flexibility index (Phi) is 12.6. The summed E-state index contributed by atoms with van der Waals surface area (Å²) in [5.41, 5.74) is -0.226. The van der Waals surface area contributed by atoms with Crippen molar-refractivity contribution < 1.29 is 36.6 Å². The average Bonchev–Trinajstić information content (AvgIpc) is 2.98. The minimum atomic E-state index is -4.80. The standard InChI is InChI=1S/C36H41ClF5N3O4/c1-21-14-25(38)15-22-10-7-5-4-6-8-12-30(45-20-23(11-9-13-44(2)3)27(18-31(45)46)36(40,41)42)35(49)43-29(19-32(47)48)26-16-24(33(21)22)17-28(37)34(26)39/h14-18,20,29-30H,4-13,19H2,1-3H3,(H,43,49)(H,47,48)/t29-,30-/m0/s1. The number of nitrogens with one attached hydrogen (secondary N) is 1. The van der Waals surface area contributed by atoms with Crippen molar-refractivity contribution in [3.63, 3.8) is 0 Å². The van der Waals surface area contributed by atoms with Crippen LogP contribution >= 0.6 is 11.6 Å². The highest BCUT2D eigenvalue weighted by Gasteiger charge is 2.36. The van der Waals surface area contributed by atoms with Gasteiger partial charge in [-0.1, -0.05) is 37.3 Å². The highest BCUT2D eigenvalue weighted by molar-refractivity contribution is 6.31. The lowest BCUT2D eigenvalue weighted by atomic mass is 9.89. The van der Waals surface area contributed by atoms with Gasteiger partial charge in [0.2, 0.25) is 5.91 Å². The van der Waals surface area contributed by atoms with Gasteiger partial charge in [-0.2, -0.15) is 13.2 Å². The van der Waals surface area contributed by atoms with Crippen molar-refractivity contribution in [1.82, 2.24) is 14.8 Å². The largest absolute Gasteiger partial charge is 0.481 e. The number of hydrogen-bond donors (Lipinski definition) is 2. The molecule has 1 aromatic heterocycles. The van der Waals surface area contributed by atoms with E-state index in [1.54, 1.807) is 21.0 Å². The van der Waals surface area contributed by atoms with Crippen molar-refractivity contribution in [2.24, 2.45) is 0 Å². The number of pyridine rings is 1. The van der Waals surface area contributed by atoms with E-state index >= 15 is 4.39 Å². The van der Waals surface area contributed by atoms with Gasteiger partial charge in [-0.3, -0.25) is 14.4 Å². The first-order valence-electron chi connectivity index (χ1n) is 16.3. The van der Waals surface area contributed by atoms with E-state index in [2.05, 4.69) is 5.32 Å². The van der Waals surface area contributed by atoms with Crippen LogP contribution in [0.25, 0.3) is 11.1 Å². The third-order valence-corrected chi connectivity index (χ3v) is 9.15. The number of aromatic nitrogens is 1. The molecule has 0 unspecified atom stereocenters. The minimum Gasteiger partial charge on any atom is -0.481 e. The highest BCUT2D eigenvalue weighted by Crippen LogP contribution is 2.37. The Morgan fingerprint density at radius 3 is 2.41 bits per heavy atom. The second kappa shape index (κ2) is 16.3. The highest BCUT2D eigenvalue weighted by atomic mass is 35.5. The fourth-order valence-electron chi connectivity index (χ4n) is 6.58. The van der Waals surface area contributed by atoms with Gasteiger partial charge in [-0.15, -0.1) is 0 Å². The van der Waals surface area contributed by atoms with Crippen molar-refractivity contribution >= 4 is 23.5 Å². The summed E-state index contributed by atoms with van der Waals surface area (Å²) in [7, 11) is 3.57. The topological polar surface area (TPSA) is 91.6 Å². The van der Waals surface area contributed by atoms with Crippen LogP contribution in [0.1, 0.15) is 91.3 Å². The number of aliphatic carboxylic acids is 1. The fourth-order valence-corrected chi connectivity index (χ4v) is 6.80. The van der Waals surface area contributed by atoms with E-state index in [0.717, 1.165) is 23.6 Å². The van der Waals surface area contributed by atoms with Gasteiger partial charge in [0.25, 0.3) is 5.56 Å². The number of hydrogen-bond acceptors (Lipinski definition) is 4. The number of halogens is 6. The third-order valence-electron chi connectivity index (χ3n) is 8.88. The first-order chi connectivity index (χ1) is 23.1. The van der Waals surface area contributed by atoms with Crippen LogP contribution in [0.5, 0.6) is 0 Å².